The molecular weight excluding hydrogens is 316 g/mol. The SMILES string of the molecule is COc1ccc(C(CC(=O)O)NC(=O)c2ncoc2C)cc1OC. The van der Waals surface area contributed by atoms with Crippen molar-refractivity contribution in [2.45, 2.75) is 19.4 Å². The first-order chi connectivity index (χ1) is 11.5. The van der Waals surface area contributed by atoms with E-state index in [0.717, 1.165) is 6.39 Å². The summed E-state index contributed by atoms with van der Waals surface area (Å²) in [5, 5.41) is 11.8. The van der Waals surface area contributed by atoms with Crippen molar-refractivity contribution < 1.29 is 28.6 Å². The average molecular weight is 334 g/mol. The van der Waals surface area contributed by atoms with E-state index in [0.29, 0.717) is 22.8 Å². The molecule has 8 heteroatoms. The molecule has 0 saturated heterocycles. The minimum atomic E-state index is -1.05. The molecule has 24 heavy (non-hydrogen) atoms. The lowest BCUT2D eigenvalue weighted by Crippen LogP contribution is -2.30. The summed E-state index contributed by atoms with van der Waals surface area (Å²) in [6.45, 7) is 1.60. The third-order valence-corrected chi connectivity index (χ3v) is 3.45. The van der Waals surface area contributed by atoms with Gasteiger partial charge in [0.05, 0.1) is 26.7 Å². The molecule has 1 amide bonds. The van der Waals surface area contributed by atoms with E-state index in [1.54, 1.807) is 25.1 Å². The Morgan fingerprint density at radius 2 is 2.00 bits per heavy atom. The largest absolute Gasteiger partial charge is 0.493 e. The summed E-state index contributed by atoms with van der Waals surface area (Å²) in [4.78, 5) is 27.3. The van der Waals surface area contributed by atoms with Crippen LogP contribution in [0.1, 0.15) is 34.3 Å². The van der Waals surface area contributed by atoms with E-state index in [9.17, 15) is 9.59 Å². The number of ether oxygens (including phenoxy) is 2. The second-order valence-electron chi connectivity index (χ2n) is 5.00. The van der Waals surface area contributed by atoms with Gasteiger partial charge in [0.25, 0.3) is 5.91 Å². The number of aliphatic carboxylic acids is 1. The minimum absolute atomic E-state index is 0.117. The lowest BCUT2D eigenvalue weighted by atomic mass is 10.0. The van der Waals surface area contributed by atoms with E-state index in [1.165, 1.54) is 14.2 Å². The number of hydrogen-bond donors (Lipinski definition) is 2. The second kappa shape index (κ2) is 7.49. The first-order valence-electron chi connectivity index (χ1n) is 7.11. The van der Waals surface area contributed by atoms with Crippen LogP contribution in [-0.2, 0) is 4.79 Å². The zero-order valence-electron chi connectivity index (χ0n) is 13.5. The number of oxazole rings is 1. The molecule has 2 N–H and O–H groups in total. The minimum Gasteiger partial charge on any atom is -0.493 e. The van der Waals surface area contributed by atoms with Crippen LogP contribution in [0, 0.1) is 6.92 Å². The van der Waals surface area contributed by atoms with E-state index < -0.39 is 17.9 Å². The number of carboxylic acid groups (broad SMARTS) is 1. The highest BCUT2D eigenvalue weighted by atomic mass is 16.5. The lowest BCUT2D eigenvalue weighted by Gasteiger charge is -2.18. The molecule has 0 radical (unpaired) electrons. The Hall–Kier alpha value is -3.03. The fraction of sp³-hybridized carbons (Fsp3) is 0.312. The van der Waals surface area contributed by atoms with Crippen molar-refractivity contribution in [2.75, 3.05) is 14.2 Å². The molecule has 0 aliphatic heterocycles. The van der Waals surface area contributed by atoms with Gasteiger partial charge in [0, 0.05) is 0 Å². The highest BCUT2D eigenvalue weighted by Gasteiger charge is 2.22. The van der Waals surface area contributed by atoms with Crippen LogP contribution in [0.15, 0.2) is 29.0 Å². The highest BCUT2D eigenvalue weighted by Crippen LogP contribution is 2.31. The fourth-order valence-electron chi connectivity index (χ4n) is 2.25. The van der Waals surface area contributed by atoms with Gasteiger partial charge < -0.3 is 24.3 Å². The van der Waals surface area contributed by atoms with Gasteiger partial charge in [0.15, 0.2) is 23.6 Å². The van der Waals surface area contributed by atoms with Gasteiger partial charge in [-0.25, -0.2) is 4.98 Å². The topological polar surface area (TPSA) is 111 Å². The molecule has 1 heterocycles. The number of carbonyl (C=O) groups excluding carboxylic acids is 1. The summed E-state index contributed by atoms with van der Waals surface area (Å²) < 4.78 is 15.4. The number of aryl methyl sites for hydroxylation is 1. The van der Waals surface area contributed by atoms with Gasteiger partial charge in [-0.05, 0) is 24.6 Å². The van der Waals surface area contributed by atoms with Crippen molar-refractivity contribution in [3.8, 4) is 11.5 Å². The highest BCUT2D eigenvalue weighted by molar-refractivity contribution is 5.93. The van der Waals surface area contributed by atoms with E-state index in [4.69, 9.17) is 19.0 Å². The van der Waals surface area contributed by atoms with Crippen LogP contribution < -0.4 is 14.8 Å². The number of nitrogens with one attached hydrogen (secondary N) is 1. The summed E-state index contributed by atoms with van der Waals surface area (Å²) in [5.41, 5.74) is 0.690. The van der Waals surface area contributed by atoms with Crippen molar-refractivity contribution in [1.82, 2.24) is 10.3 Å². The number of rotatable bonds is 7. The Labute approximate surface area is 138 Å². The van der Waals surface area contributed by atoms with Crippen LogP contribution in [0.3, 0.4) is 0 Å². The molecule has 8 nitrogen and oxygen atoms in total. The van der Waals surface area contributed by atoms with Crippen LogP contribution in [0.25, 0.3) is 0 Å². The summed E-state index contributed by atoms with van der Waals surface area (Å²) in [5.74, 6) is -0.255. The number of hydrogen-bond acceptors (Lipinski definition) is 6. The normalized spacial score (nSPS) is 11.6. The Bertz CT molecular complexity index is 740. The molecule has 1 unspecified atom stereocenters. The van der Waals surface area contributed by atoms with Gasteiger partial charge >= 0.3 is 5.97 Å². The maximum absolute atomic E-state index is 12.3. The van der Waals surface area contributed by atoms with E-state index in [1.807, 2.05) is 0 Å². The Morgan fingerprint density at radius 1 is 1.29 bits per heavy atom. The predicted molar refractivity (Wildman–Crippen MR) is 83.2 cm³/mol. The number of aromatic nitrogens is 1. The fourth-order valence-corrected chi connectivity index (χ4v) is 2.25. The van der Waals surface area contributed by atoms with Crippen LogP contribution >= 0.6 is 0 Å². The molecule has 1 aromatic heterocycles. The van der Waals surface area contributed by atoms with Gasteiger partial charge in [-0.1, -0.05) is 6.07 Å². The van der Waals surface area contributed by atoms with Crippen LogP contribution in [-0.4, -0.2) is 36.2 Å². The Balaban J connectivity index is 2.30. The molecule has 0 aliphatic rings. The first-order valence-corrected chi connectivity index (χ1v) is 7.11. The maximum atomic E-state index is 12.3. The molecule has 2 aromatic rings. The lowest BCUT2D eigenvalue weighted by molar-refractivity contribution is -0.137. The number of carboxylic acids is 1. The molecular formula is C16H18N2O6. The molecule has 1 aromatic carbocycles. The average Bonchev–Trinajstić information content (AvgIpc) is 2.99. The number of nitrogens with zero attached hydrogens (tertiary/aromatic N) is 1. The van der Waals surface area contributed by atoms with Crippen molar-refractivity contribution in [3.63, 3.8) is 0 Å². The van der Waals surface area contributed by atoms with Crippen molar-refractivity contribution in [2.24, 2.45) is 0 Å². The molecule has 2 rings (SSSR count). The maximum Gasteiger partial charge on any atom is 0.305 e. The van der Waals surface area contributed by atoms with E-state index >= 15 is 0 Å². The van der Waals surface area contributed by atoms with Gasteiger partial charge in [-0.15, -0.1) is 0 Å². The number of benzene rings is 1. The standard InChI is InChI=1S/C16H18N2O6/c1-9-15(17-8-24-9)16(21)18-11(7-14(19)20)10-4-5-12(22-2)13(6-10)23-3/h4-6,8,11H,7H2,1-3H3,(H,18,21)(H,19,20). The number of carbonyl (C=O) groups is 2. The van der Waals surface area contributed by atoms with Crippen molar-refractivity contribution in [1.29, 1.82) is 0 Å². The summed E-state index contributed by atoms with van der Waals surface area (Å²) in [6.07, 6.45) is 0.866. The monoisotopic (exact) mass is 334 g/mol. The Kier molecular flexibility index (Phi) is 5.41. The predicted octanol–water partition coefficient (Wildman–Crippen LogP) is 1.95. The van der Waals surface area contributed by atoms with Crippen molar-refractivity contribution in [3.05, 3.63) is 41.6 Å². The second-order valence-corrected chi connectivity index (χ2v) is 5.00. The molecule has 1 atom stereocenters. The molecule has 0 spiro atoms. The van der Waals surface area contributed by atoms with Crippen molar-refractivity contribution >= 4 is 11.9 Å². The van der Waals surface area contributed by atoms with Crippen LogP contribution in [0.4, 0.5) is 0 Å². The van der Waals surface area contributed by atoms with Gasteiger partial charge in [0.1, 0.15) is 5.76 Å². The smallest absolute Gasteiger partial charge is 0.305 e. The zero-order chi connectivity index (χ0) is 17.7. The van der Waals surface area contributed by atoms with Crippen LogP contribution in [0.5, 0.6) is 11.5 Å². The molecule has 128 valence electrons. The number of amides is 1. The summed E-state index contributed by atoms with van der Waals surface area (Å²) in [7, 11) is 2.98. The summed E-state index contributed by atoms with van der Waals surface area (Å²) >= 11 is 0. The number of methoxy groups -OCH3 is 2. The van der Waals surface area contributed by atoms with Gasteiger partial charge in [-0.2, -0.15) is 0 Å². The summed E-state index contributed by atoms with van der Waals surface area (Å²) in [6, 6.07) is 4.19. The third-order valence-electron chi connectivity index (χ3n) is 3.45. The Morgan fingerprint density at radius 3 is 2.54 bits per heavy atom. The van der Waals surface area contributed by atoms with E-state index in [-0.39, 0.29) is 12.1 Å². The van der Waals surface area contributed by atoms with Crippen LogP contribution in [0.2, 0.25) is 0 Å². The quantitative estimate of drug-likeness (QED) is 0.796. The first kappa shape index (κ1) is 17.3. The third kappa shape index (κ3) is 3.83. The zero-order valence-corrected chi connectivity index (χ0v) is 13.5. The van der Waals surface area contributed by atoms with Gasteiger partial charge in [0.2, 0.25) is 0 Å². The molecule has 0 fully saturated rings. The van der Waals surface area contributed by atoms with Gasteiger partial charge in [-0.3, -0.25) is 9.59 Å². The van der Waals surface area contributed by atoms with E-state index in [2.05, 4.69) is 10.3 Å². The molecule has 0 saturated carbocycles. The molecule has 0 bridgehead atoms. The molecule has 0 aliphatic carbocycles.